The zero-order chi connectivity index (χ0) is 25.4. The minimum absolute atomic E-state index is 0.0983. The molecule has 0 aliphatic heterocycles. The number of ether oxygens (including phenoxy) is 1. The second kappa shape index (κ2) is 12.0. The van der Waals surface area contributed by atoms with Gasteiger partial charge in [0.1, 0.15) is 5.60 Å². The van der Waals surface area contributed by atoms with E-state index in [9.17, 15) is 14.3 Å². The first-order valence-electron chi connectivity index (χ1n) is 11.9. The fourth-order valence-corrected chi connectivity index (χ4v) is 8.87. The summed E-state index contributed by atoms with van der Waals surface area (Å²) in [5.74, 6) is -0.601. The van der Waals surface area contributed by atoms with Crippen LogP contribution < -0.4 is 15.7 Å². The molecule has 188 valence electrons. The topological polar surface area (TPSA) is 67.8 Å². The van der Waals surface area contributed by atoms with E-state index in [0.29, 0.717) is 0 Å². The van der Waals surface area contributed by atoms with Gasteiger partial charge in [0.15, 0.2) is 0 Å². The van der Waals surface area contributed by atoms with Gasteiger partial charge in [-0.15, -0.1) is 0 Å². The van der Waals surface area contributed by atoms with Crippen LogP contribution in [0.5, 0.6) is 0 Å². The lowest BCUT2D eigenvalue weighted by atomic mass is 9.98. The van der Waals surface area contributed by atoms with Crippen molar-refractivity contribution in [3.05, 3.63) is 60.7 Å². The Balaban J connectivity index is 2.49. The van der Waals surface area contributed by atoms with Gasteiger partial charge < -0.3 is 19.6 Å². The van der Waals surface area contributed by atoms with Gasteiger partial charge in [-0.1, -0.05) is 81.4 Å². The Morgan fingerprint density at radius 1 is 0.971 bits per heavy atom. The number of benzene rings is 2. The van der Waals surface area contributed by atoms with Gasteiger partial charge in [0.25, 0.3) is 8.32 Å². The van der Waals surface area contributed by atoms with Gasteiger partial charge in [-0.05, 0) is 42.6 Å². The molecule has 0 saturated heterocycles. The molecule has 0 aromatic heterocycles. The van der Waals surface area contributed by atoms with Crippen molar-refractivity contribution in [2.75, 3.05) is 19.9 Å². The monoisotopic (exact) mass is 489 g/mol. The van der Waals surface area contributed by atoms with Crippen LogP contribution in [0.4, 0.5) is 9.18 Å². The van der Waals surface area contributed by atoms with Crippen LogP contribution in [0.2, 0.25) is 5.04 Å². The van der Waals surface area contributed by atoms with E-state index in [1.807, 2.05) is 36.4 Å². The third-order valence-electron chi connectivity index (χ3n) is 5.87. The van der Waals surface area contributed by atoms with Crippen LogP contribution in [0.3, 0.4) is 0 Å². The van der Waals surface area contributed by atoms with E-state index in [1.165, 1.54) is 0 Å². The van der Waals surface area contributed by atoms with Gasteiger partial charge in [-0.3, -0.25) is 4.39 Å². The SMILES string of the molecule is CC(C)(C)OC(=O)N[C@H](CO[Si](c1ccccc1)(c1ccccc1)C(C)(C)C)[C@@H](CF)CCO. The summed E-state index contributed by atoms with van der Waals surface area (Å²) in [7, 11) is -2.87. The molecular weight excluding hydrogens is 449 g/mol. The quantitative estimate of drug-likeness (QED) is 0.485. The lowest BCUT2D eigenvalue weighted by Gasteiger charge is -2.44. The van der Waals surface area contributed by atoms with Crippen molar-refractivity contribution in [2.24, 2.45) is 5.92 Å². The Hall–Kier alpha value is -2.22. The summed E-state index contributed by atoms with van der Waals surface area (Å²) in [6, 6.07) is 19.6. The number of hydrogen-bond acceptors (Lipinski definition) is 4. The molecule has 0 bridgehead atoms. The number of amides is 1. The maximum Gasteiger partial charge on any atom is 0.407 e. The highest BCUT2D eigenvalue weighted by atomic mass is 28.4. The average Bonchev–Trinajstić information content (AvgIpc) is 2.76. The van der Waals surface area contributed by atoms with Crippen molar-refractivity contribution in [3.63, 3.8) is 0 Å². The number of alkyl halides is 1. The second-order valence-corrected chi connectivity index (χ2v) is 15.0. The van der Waals surface area contributed by atoms with E-state index >= 15 is 0 Å². The van der Waals surface area contributed by atoms with Gasteiger partial charge in [0.05, 0.1) is 19.3 Å². The molecule has 2 rings (SSSR count). The van der Waals surface area contributed by atoms with Crippen molar-refractivity contribution in [1.82, 2.24) is 5.32 Å². The van der Waals surface area contributed by atoms with Crippen molar-refractivity contribution in [2.45, 2.75) is 64.6 Å². The van der Waals surface area contributed by atoms with E-state index < -0.39 is 38.6 Å². The summed E-state index contributed by atoms with van der Waals surface area (Å²) in [6.07, 6.45) is -0.416. The minimum Gasteiger partial charge on any atom is -0.444 e. The average molecular weight is 490 g/mol. The highest BCUT2D eigenvalue weighted by Crippen LogP contribution is 2.37. The molecule has 0 aliphatic carbocycles. The third kappa shape index (κ3) is 7.14. The summed E-state index contributed by atoms with van der Waals surface area (Å²) >= 11 is 0. The fourth-order valence-electron chi connectivity index (χ4n) is 4.28. The highest BCUT2D eigenvalue weighted by Gasteiger charge is 2.50. The van der Waals surface area contributed by atoms with Crippen molar-refractivity contribution >= 4 is 24.8 Å². The van der Waals surface area contributed by atoms with Crippen molar-refractivity contribution in [1.29, 1.82) is 0 Å². The maximum atomic E-state index is 14.0. The van der Waals surface area contributed by atoms with Crippen LogP contribution in [0.25, 0.3) is 0 Å². The van der Waals surface area contributed by atoms with Gasteiger partial charge in [-0.25, -0.2) is 4.79 Å². The number of carbonyl (C=O) groups is 1. The standard InChI is InChI=1S/C27H40FNO4Si/c1-26(2,3)33-25(31)29-24(21(19-28)17-18-30)20-32-34(27(4,5)6,22-13-9-7-10-14-22)23-15-11-8-12-16-23/h7-16,21,24,30H,17-20H2,1-6H3,(H,29,31)/t21-,24-/m1/s1. The van der Waals surface area contributed by atoms with Crippen LogP contribution >= 0.6 is 0 Å². The number of halogens is 1. The number of aliphatic hydroxyl groups excluding tert-OH is 1. The Morgan fingerprint density at radius 3 is 1.85 bits per heavy atom. The number of rotatable bonds is 10. The zero-order valence-electron chi connectivity index (χ0n) is 21.3. The lowest BCUT2D eigenvalue weighted by molar-refractivity contribution is 0.0440. The summed E-state index contributed by atoms with van der Waals surface area (Å²) < 4.78 is 26.4. The number of alkyl carbamates (subject to hydrolysis) is 1. The molecule has 2 atom stereocenters. The predicted molar refractivity (Wildman–Crippen MR) is 138 cm³/mol. The molecule has 0 aliphatic rings. The molecule has 1 amide bonds. The molecule has 0 fully saturated rings. The first-order valence-corrected chi connectivity index (χ1v) is 13.8. The van der Waals surface area contributed by atoms with Gasteiger partial charge in [-0.2, -0.15) is 0 Å². The molecule has 0 unspecified atom stereocenters. The van der Waals surface area contributed by atoms with E-state index in [0.717, 1.165) is 10.4 Å². The minimum atomic E-state index is -2.87. The second-order valence-electron chi connectivity index (χ2n) is 10.7. The normalized spacial score (nSPS) is 14.4. The molecule has 2 aromatic rings. The highest BCUT2D eigenvalue weighted by molar-refractivity contribution is 6.99. The van der Waals surface area contributed by atoms with E-state index in [1.54, 1.807) is 20.8 Å². The zero-order valence-corrected chi connectivity index (χ0v) is 22.3. The van der Waals surface area contributed by atoms with Gasteiger partial charge in [0, 0.05) is 12.5 Å². The maximum absolute atomic E-state index is 14.0. The van der Waals surface area contributed by atoms with Crippen LogP contribution in [0.15, 0.2) is 60.7 Å². The fraction of sp³-hybridized carbons (Fsp3) is 0.519. The van der Waals surface area contributed by atoms with Crippen LogP contribution in [0.1, 0.15) is 48.0 Å². The predicted octanol–water partition coefficient (Wildman–Crippen LogP) is 4.42. The molecule has 0 spiro atoms. The Bertz CT molecular complexity index is 841. The summed E-state index contributed by atoms with van der Waals surface area (Å²) in [5, 5.41) is 14.3. The molecule has 34 heavy (non-hydrogen) atoms. The van der Waals surface area contributed by atoms with Gasteiger partial charge >= 0.3 is 6.09 Å². The van der Waals surface area contributed by atoms with Crippen LogP contribution in [-0.2, 0) is 9.16 Å². The smallest absolute Gasteiger partial charge is 0.407 e. The number of hydrogen-bond donors (Lipinski definition) is 2. The molecule has 7 heteroatoms. The number of carbonyl (C=O) groups excluding carboxylic acids is 1. The number of nitrogens with one attached hydrogen (secondary N) is 1. The molecule has 2 aromatic carbocycles. The lowest BCUT2D eigenvalue weighted by Crippen LogP contribution is -2.67. The molecule has 0 radical (unpaired) electrons. The summed E-state index contributed by atoms with van der Waals surface area (Å²) in [6.45, 7) is 11.1. The molecule has 2 N–H and O–H groups in total. The Morgan fingerprint density at radius 2 is 1.47 bits per heavy atom. The third-order valence-corrected chi connectivity index (χ3v) is 10.9. The van der Waals surface area contributed by atoms with Crippen LogP contribution in [0, 0.1) is 5.92 Å². The molecular formula is C27H40FNO4Si. The summed E-state index contributed by atoms with van der Waals surface area (Å²) in [4.78, 5) is 12.6. The Kier molecular flexibility index (Phi) is 9.85. The van der Waals surface area contributed by atoms with Crippen molar-refractivity contribution in [3.8, 4) is 0 Å². The first kappa shape index (κ1) is 28.0. The summed E-state index contributed by atoms with van der Waals surface area (Å²) in [5.41, 5.74) is -0.685. The van der Waals surface area contributed by atoms with E-state index in [2.05, 4.69) is 50.4 Å². The van der Waals surface area contributed by atoms with Crippen LogP contribution in [-0.4, -0.2) is 51.0 Å². The Labute approximate surface area is 204 Å². The van der Waals surface area contributed by atoms with Gasteiger partial charge in [0.2, 0.25) is 0 Å². The largest absolute Gasteiger partial charge is 0.444 e. The van der Waals surface area contributed by atoms with Crippen molar-refractivity contribution < 1.29 is 23.5 Å². The number of aliphatic hydroxyl groups is 1. The molecule has 0 heterocycles. The van der Waals surface area contributed by atoms with E-state index in [-0.39, 0.29) is 24.7 Å². The van der Waals surface area contributed by atoms with E-state index in [4.69, 9.17) is 9.16 Å². The molecule has 0 saturated carbocycles. The molecule has 5 nitrogen and oxygen atoms in total. The first-order chi connectivity index (χ1) is 15.9.